The van der Waals surface area contributed by atoms with E-state index in [9.17, 15) is 12.8 Å². The molecule has 0 aliphatic carbocycles. The number of nitrogens with zero attached hydrogens (tertiary/aromatic N) is 1. The third-order valence-electron chi connectivity index (χ3n) is 3.12. The van der Waals surface area contributed by atoms with Crippen LogP contribution in [0.2, 0.25) is 0 Å². The molecule has 0 amide bonds. The monoisotopic (exact) mass is 316 g/mol. The number of anilines is 1. The van der Waals surface area contributed by atoms with Crippen molar-refractivity contribution in [3.05, 3.63) is 30.1 Å². The fourth-order valence-corrected chi connectivity index (χ4v) is 3.68. The predicted octanol–water partition coefficient (Wildman–Crippen LogP) is 2.76. The predicted molar refractivity (Wildman–Crippen MR) is 85.6 cm³/mol. The highest BCUT2D eigenvalue weighted by molar-refractivity contribution is 7.92. The molecule has 1 aromatic rings. The van der Waals surface area contributed by atoms with Crippen molar-refractivity contribution in [3.8, 4) is 0 Å². The molecular formula is C15H25FN2O2S. The van der Waals surface area contributed by atoms with Crippen LogP contribution in [-0.2, 0) is 10.0 Å². The maximum absolute atomic E-state index is 12.9. The van der Waals surface area contributed by atoms with E-state index in [1.165, 1.54) is 28.6 Å². The van der Waals surface area contributed by atoms with Crippen LogP contribution in [0.4, 0.5) is 10.1 Å². The SMILES string of the molecule is CCN(c1ccc(F)cc1)S(=O)(=O)CCCCNC(C)C. The van der Waals surface area contributed by atoms with Crippen molar-refractivity contribution in [2.75, 3.05) is 23.1 Å². The lowest BCUT2D eigenvalue weighted by molar-refractivity contribution is 0.558. The van der Waals surface area contributed by atoms with E-state index in [0.717, 1.165) is 13.0 Å². The van der Waals surface area contributed by atoms with Crippen molar-refractivity contribution >= 4 is 15.7 Å². The van der Waals surface area contributed by atoms with Gasteiger partial charge in [-0.2, -0.15) is 0 Å². The molecule has 4 nitrogen and oxygen atoms in total. The number of rotatable bonds is 9. The molecule has 0 saturated carbocycles. The Morgan fingerprint density at radius 1 is 1.19 bits per heavy atom. The van der Waals surface area contributed by atoms with Crippen LogP contribution in [0, 0.1) is 5.82 Å². The standard InChI is InChI=1S/C15H25FN2O2S/c1-4-18(15-9-7-14(16)8-10-15)21(19,20)12-6-5-11-17-13(2)3/h7-10,13,17H,4-6,11-12H2,1-3H3. The van der Waals surface area contributed by atoms with Crippen molar-refractivity contribution in [3.63, 3.8) is 0 Å². The van der Waals surface area contributed by atoms with Crippen molar-refractivity contribution in [2.45, 2.75) is 39.7 Å². The number of hydrogen-bond acceptors (Lipinski definition) is 3. The smallest absolute Gasteiger partial charge is 0.235 e. The van der Waals surface area contributed by atoms with Crippen molar-refractivity contribution in [1.29, 1.82) is 0 Å². The van der Waals surface area contributed by atoms with Crippen molar-refractivity contribution in [2.24, 2.45) is 0 Å². The van der Waals surface area contributed by atoms with Gasteiger partial charge in [0, 0.05) is 12.6 Å². The van der Waals surface area contributed by atoms with Gasteiger partial charge in [-0.15, -0.1) is 0 Å². The molecule has 1 rings (SSSR count). The number of unbranched alkanes of at least 4 members (excludes halogenated alkanes) is 1. The van der Waals surface area contributed by atoms with Gasteiger partial charge in [-0.25, -0.2) is 12.8 Å². The summed E-state index contributed by atoms with van der Waals surface area (Å²) in [5.41, 5.74) is 0.513. The van der Waals surface area contributed by atoms with Crippen molar-refractivity contribution in [1.82, 2.24) is 5.32 Å². The largest absolute Gasteiger partial charge is 0.315 e. The molecule has 0 atom stereocenters. The molecule has 0 bridgehead atoms. The van der Waals surface area contributed by atoms with E-state index in [2.05, 4.69) is 19.2 Å². The molecule has 0 aromatic heterocycles. The third kappa shape index (κ3) is 6.01. The molecule has 1 N–H and O–H groups in total. The van der Waals surface area contributed by atoms with E-state index in [-0.39, 0.29) is 11.6 Å². The van der Waals surface area contributed by atoms with Crippen LogP contribution in [0.15, 0.2) is 24.3 Å². The molecule has 6 heteroatoms. The number of hydrogen-bond donors (Lipinski definition) is 1. The Morgan fingerprint density at radius 2 is 1.81 bits per heavy atom. The Kier molecular flexibility index (Phi) is 7.11. The lowest BCUT2D eigenvalue weighted by Crippen LogP contribution is -2.33. The third-order valence-corrected chi connectivity index (χ3v) is 5.06. The number of sulfonamides is 1. The van der Waals surface area contributed by atoms with Gasteiger partial charge in [-0.1, -0.05) is 13.8 Å². The quantitative estimate of drug-likeness (QED) is 0.713. The fourth-order valence-electron chi connectivity index (χ4n) is 2.06. The van der Waals surface area contributed by atoms with Gasteiger partial charge in [0.25, 0.3) is 0 Å². The van der Waals surface area contributed by atoms with E-state index in [0.29, 0.717) is 24.7 Å². The highest BCUT2D eigenvalue weighted by Crippen LogP contribution is 2.19. The fraction of sp³-hybridized carbons (Fsp3) is 0.600. The van der Waals surface area contributed by atoms with Crippen LogP contribution in [-0.4, -0.2) is 33.3 Å². The Hall–Kier alpha value is -1.14. The van der Waals surface area contributed by atoms with E-state index in [1.807, 2.05) is 0 Å². The summed E-state index contributed by atoms with van der Waals surface area (Å²) >= 11 is 0. The summed E-state index contributed by atoms with van der Waals surface area (Å²) in [5.74, 6) is -0.259. The molecule has 0 heterocycles. The molecule has 0 aliphatic rings. The minimum Gasteiger partial charge on any atom is -0.315 e. The molecule has 21 heavy (non-hydrogen) atoms. The zero-order valence-electron chi connectivity index (χ0n) is 13.0. The average molecular weight is 316 g/mol. The first-order valence-corrected chi connectivity index (χ1v) is 8.97. The summed E-state index contributed by atoms with van der Waals surface area (Å²) in [6.07, 6.45) is 1.43. The van der Waals surface area contributed by atoms with Gasteiger partial charge in [0.1, 0.15) is 5.82 Å². The lowest BCUT2D eigenvalue weighted by atomic mass is 10.3. The van der Waals surface area contributed by atoms with Crippen LogP contribution in [0.1, 0.15) is 33.6 Å². The number of nitrogens with one attached hydrogen (secondary N) is 1. The first kappa shape index (κ1) is 17.9. The van der Waals surface area contributed by atoms with E-state index < -0.39 is 10.0 Å². The molecule has 0 saturated heterocycles. The maximum atomic E-state index is 12.9. The second-order valence-corrected chi connectivity index (χ2v) is 7.29. The molecular weight excluding hydrogens is 291 g/mol. The lowest BCUT2D eigenvalue weighted by Gasteiger charge is -2.23. The van der Waals surface area contributed by atoms with Gasteiger partial charge in [-0.05, 0) is 50.6 Å². The molecule has 1 aromatic carbocycles. The van der Waals surface area contributed by atoms with Crippen LogP contribution in [0.3, 0.4) is 0 Å². The first-order chi connectivity index (χ1) is 9.86. The second-order valence-electron chi connectivity index (χ2n) is 5.27. The maximum Gasteiger partial charge on any atom is 0.235 e. The number of halogens is 1. The second kappa shape index (κ2) is 8.34. The van der Waals surface area contributed by atoms with Gasteiger partial charge < -0.3 is 5.32 Å². The normalized spacial score (nSPS) is 11.9. The van der Waals surface area contributed by atoms with Gasteiger partial charge in [0.15, 0.2) is 0 Å². The van der Waals surface area contributed by atoms with Gasteiger partial charge in [0.05, 0.1) is 11.4 Å². The molecule has 120 valence electrons. The van der Waals surface area contributed by atoms with E-state index in [1.54, 1.807) is 6.92 Å². The summed E-state index contributed by atoms with van der Waals surface area (Å²) in [7, 11) is -3.36. The Balaban J connectivity index is 2.60. The Labute approximate surface area is 127 Å². The molecule has 0 radical (unpaired) electrons. The average Bonchev–Trinajstić information content (AvgIpc) is 2.40. The van der Waals surface area contributed by atoms with Crippen LogP contribution in [0.5, 0.6) is 0 Å². The summed E-state index contributed by atoms with van der Waals surface area (Å²) < 4.78 is 39.0. The van der Waals surface area contributed by atoms with E-state index in [4.69, 9.17) is 0 Å². The summed E-state index contributed by atoms with van der Waals surface area (Å²) in [6.45, 7) is 7.06. The number of benzene rings is 1. The van der Waals surface area contributed by atoms with Crippen LogP contribution >= 0.6 is 0 Å². The molecule has 0 spiro atoms. The van der Waals surface area contributed by atoms with Crippen LogP contribution < -0.4 is 9.62 Å². The summed E-state index contributed by atoms with van der Waals surface area (Å²) in [5, 5.41) is 3.26. The highest BCUT2D eigenvalue weighted by Gasteiger charge is 2.20. The summed E-state index contributed by atoms with van der Waals surface area (Å²) in [4.78, 5) is 0. The topological polar surface area (TPSA) is 49.4 Å². The van der Waals surface area contributed by atoms with Gasteiger partial charge in [-0.3, -0.25) is 4.31 Å². The minimum absolute atomic E-state index is 0.109. The molecule has 0 fully saturated rings. The molecule has 0 unspecified atom stereocenters. The zero-order chi connectivity index (χ0) is 15.9. The van der Waals surface area contributed by atoms with Crippen molar-refractivity contribution < 1.29 is 12.8 Å². The van der Waals surface area contributed by atoms with E-state index >= 15 is 0 Å². The van der Waals surface area contributed by atoms with Gasteiger partial charge in [0.2, 0.25) is 10.0 Å². The Bertz CT molecular complexity index is 515. The Morgan fingerprint density at radius 3 is 2.33 bits per heavy atom. The minimum atomic E-state index is -3.36. The summed E-state index contributed by atoms with van der Waals surface area (Å²) in [6, 6.07) is 5.96. The zero-order valence-corrected chi connectivity index (χ0v) is 13.8. The van der Waals surface area contributed by atoms with Gasteiger partial charge >= 0.3 is 0 Å². The molecule has 0 aliphatic heterocycles. The first-order valence-electron chi connectivity index (χ1n) is 7.36. The highest BCUT2D eigenvalue weighted by atomic mass is 32.2. The van der Waals surface area contributed by atoms with Crippen LogP contribution in [0.25, 0.3) is 0 Å².